The molecule has 0 saturated heterocycles. The lowest BCUT2D eigenvalue weighted by molar-refractivity contribution is -0.147. The average Bonchev–Trinajstić information content (AvgIpc) is 2.93. The van der Waals surface area contributed by atoms with Crippen LogP contribution in [0.3, 0.4) is 0 Å². The van der Waals surface area contributed by atoms with Gasteiger partial charge in [-0.2, -0.15) is 0 Å². The maximum Gasteiger partial charge on any atom is 0.310 e. The molecule has 0 aliphatic rings. The molecule has 24 heavy (non-hydrogen) atoms. The van der Waals surface area contributed by atoms with E-state index in [0.717, 1.165) is 10.9 Å². The highest BCUT2D eigenvalue weighted by Gasteiger charge is 2.13. The minimum atomic E-state index is -0.536. The van der Waals surface area contributed by atoms with Gasteiger partial charge < -0.3 is 19.8 Å². The molecule has 2 N–H and O–H groups in total. The van der Waals surface area contributed by atoms with E-state index >= 15 is 0 Å². The zero-order chi connectivity index (χ0) is 17.5. The van der Waals surface area contributed by atoms with Crippen molar-refractivity contribution in [2.45, 2.75) is 20.3 Å². The van der Waals surface area contributed by atoms with Gasteiger partial charge in [0, 0.05) is 17.5 Å². The number of hydrogen-bond acceptors (Lipinski definition) is 5. The summed E-state index contributed by atoms with van der Waals surface area (Å²) in [6.45, 7) is 3.66. The predicted molar refractivity (Wildman–Crippen MR) is 87.3 cm³/mol. The molecule has 0 aliphatic carbocycles. The molecule has 0 spiro atoms. The fourth-order valence-electron chi connectivity index (χ4n) is 2.17. The van der Waals surface area contributed by atoms with Gasteiger partial charge >= 0.3 is 5.97 Å². The number of hydrogen-bond donors (Lipinski definition) is 2. The standard InChI is InChI=1S/C17H20N2O5/c1-3-18-15(20)8-19-16(21)10-24-17(22)7-12-9-23-14-6-11(2)4-5-13(12)14/h4-6,9H,3,7-8,10H2,1-2H3,(H,18,20)(H,19,21). The second kappa shape index (κ2) is 8.14. The lowest BCUT2D eigenvalue weighted by Gasteiger charge is -2.06. The molecule has 0 bridgehead atoms. The first-order valence-corrected chi connectivity index (χ1v) is 7.65. The van der Waals surface area contributed by atoms with Gasteiger partial charge in [-0.15, -0.1) is 0 Å². The van der Waals surface area contributed by atoms with Crippen LogP contribution >= 0.6 is 0 Å². The van der Waals surface area contributed by atoms with E-state index in [-0.39, 0.29) is 18.9 Å². The maximum absolute atomic E-state index is 11.8. The van der Waals surface area contributed by atoms with E-state index in [1.54, 1.807) is 6.92 Å². The normalized spacial score (nSPS) is 10.4. The van der Waals surface area contributed by atoms with Crippen molar-refractivity contribution in [1.82, 2.24) is 10.6 Å². The number of esters is 1. The van der Waals surface area contributed by atoms with Crippen LogP contribution in [-0.2, 0) is 25.5 Å². The zero-order valence-corrected chi connectivity index (χ0v) is 13.7. The van der Waals surface area contributed by atoms with E-state index in [4.69, 9.17) is 9.15 Å². The number of benzene rings is 1. The van der Waals surface area contributed by atoms with Crippen LogP contribution in [0, 0.1) is 6.92 Å². The van der Waals surface area contributed by atoms with Gasteiger partial charge in [-0.1, -0.05) is 12.1 Å². The molecule has 7 heteroatoms. The highest BCUT2D eigenvalue weighted by Crippen LogP contribution is 2.22. The van der Waals surface area contributed by atoms with E-state index in [2.05, 4.69) is 10.6 Å². The van der Waals surface area contributed by atoms with Crippen molar-refractivity contribution in [3.8, 4) is 0 Å². The molecule has 2 rings (SSSR count). The van der Waals surface area contributed by atoms with Gasteiger partial charge in [0.2, 0.25) is 5.91 Å². The summed E-state index contributed by atoms with van der Waals surface area (Å²) in [6.07, 6.45) is 1.53. The topological polar surface area (TPSA) is 97.6 Å². The number of carbonyl (C=O) groups is 3. The van der Waals surface area contributed by atoms with Crippen LogP contribution in [0.15, 0.2) is 28.9 Å². The molecule has 1 aromatic heterocycles. The molecule has 1 aromatic carbocycles. The molecule has 0 saturated carbocycles. The SMILES string of the molecule is CCNC(=O)CNC(=O)COC(=O)Cc1coc2cc(C)ccc12. The van der Waals surface area contributed by atoms with Crippen molar-refractivity contribution in [1.29, 1.82) is 0 Å². The lowest BCUT2D eigenvalue weighted by Crippen LogP contribution is -2.38. The van der Waals surface area contributed by atoms with Crippen LogP contribution in [0.1, 0.15) is 18.1 Å². The molecule has 0 aliphatic heterocycles. The number of carbonyl (C=O) groups excluding carboxylic acids is 3. The fraction of sp³-hybridized carbons (Fsp3) is 0.353. The number of likely N-dealkylation sites (N-methyl/N-ethyl adjacent to an activating group) is 1. The van der Waals surface area contributed by atoms with Crippen LogP contribution in [0.25, 0.3) is 11.0 Å². The third kappa shape index (κ3) is 4.84. The number of nitrogens with one attached hydrogen (secondary N) is 2. The van der Waals surface area contributed by atoms with Crippen LogP contribution in [0.4, 0.5) is 0 Å². The van der Waals surface area contributed by atoms with Crippen LogP contribution in [-0.4, -0.2) is 37.5 Å². The molecular formula is C17H20N2O5. The minimum Gasteiger partial charge on any atom is -0.464 e. The van der Waals surface area contributed by atoms with Crippen molar-refractivity contribution in [2.24, 2.45) is 0 Å². The van der Waals surface area contributed by atoms with E-state index < -0.39 is 18.5 Å². The summed E-state index contributed by atoms with van der Waals surface area (Å²) < 4.78 is 10.3. The zero-order valence-electron chi connectivity index (χ0n) is 13.7. The maximum atomic E-state index is 11.8. The number of aryl methyl sites for hydroxylation is 1. The molecule has 128 valence electrons. The molecule has 0 fully saturated rings. The molecule has 0 atom stereocenters. The first kappa shape index (κ1) is 17.5. The first-order valence-electron chi connectivity index (χ1n) is 7.65. The summed E-state index contributed by atoms with van der Waals surface area (Å²) in [7, 11) is 0. The number of amides is 2. The van der Waals surface area contributed by atoms with Crippen molar-refractivity contribution in [2.75, 3.05) is 19.7 Å². The molecule has 7 nitrogen and oxygen atoms in total. The highest BCUT2D eigenvalue weighted by molar-refractivity contribution is 5.88. The Bertz CT molecular complexity index is 751. The Morgan fingerprint density at radius 1 is 1.17 bits per heavy atom. The Labute approximate surface area is 139 Å². The summed E-state index contributed by atoms with van der Waals surface area (Å²) in [5, 5.41) is 5.76. The summed E-state index contributed by atoms with van der Waals surface area (Å²) >= 11 is 0. The van der Waals surface area contributed by atoms with E-state index in [0.29, 0.717) is 17.7 Å². The number of furan rings is 1. The largest absolute Gasteiger partial charge is 0.464 e. The molecule has 1 heterocycles. The summed E-state index contributed by atoms with van der Waals surface area (Å²) in [5.74, 6) is -1.36. The van der Waals surface area contributed by atoms with Crippen molar-refractivity contribution < 1.29 is 23.5 Å². The van der Waals surface area contributed by atoms with E-state index in [1.807, 2.05) is 25.1 Å². The molecule has 2 aromatic rings. The molecular weight excluding hydrogens is 312 g/mol. The molecule has 0 radical (unpaired) electrons. The van der Waals surface area contributed by atoms with Gasteiger partial charge in [-0.05, 0) is 25.5 Å². The van der Waals surface area contributed by atoms with Crippen molar-refractivity contribution >= 4 is 28.8 Å². The van der Waals surface area contributed by atoms with Crippen molar-refractivity contribution in [3.63, 3.8) is 0 Å². The predicted octanol–water partition coefficient (Wildman–Crippen LogP) is 1.08. The Kier molecular flexibility index (Phi) is 5.95. The third-order valence-electron chi connectivity index (χ3n) is 3.33. The Hall–Kier alpha value is -2.83. The lowest BCUT2D eigenvalue weighted by atomic mass is 10.1. The van der Waals surface area contributed by atoms with Gasteiger partial charge in [-0.3, -0.25) is 14.4 Å². The highest BCUT2D eigenvalue weighted by atomic mass is 16.5. The number of fused-ring (bicyclic) bond motifs is 1. The summed E-state index contributed by atoms with van der Waals surface area (Å²) in [4.78, 5) is 34.6. The monoisotopic (exact) mass is 332 g/mol. The Morgan fingerprint density at radius 2 is 1.96 bits per heavy atom. The number of rotatable bonds is 7. The molecule has 2 amide bonds. The Balaban J connectivity index is 1.80. The average molecular weight is 332 g/mol. The fourth-order valence-corrected chi connectivity index (χ4v) is 2.17. The van der Waals surface area contributed by atoms with Gasteiger partial charge in [-0.25, -0.2) is 0 Å². The summed E-state index contributed by atoms with van der Waals surface area (Å²) in [5.41, 5.74) is 2.48. The van der Waals surface area contributed by atoms with Crippen LogP contribution in [0.2, 0.25) is 0 Å². The van der Waals surface area contributed by atoms with Gasteiger partial charge in [0.1, 0.15) is 5.58 Å². The minimum absolute atomic E-state index is 0.0136. The number of ether oxygens (including phenoxy) is 1. The van der Waals surface area contributed by atoms with Gasteiger partial charge in [0.25, 0.3) is 5.91 Å². The second-order valence-corrected chi connectivity index (χ2v) is 5.33. The third-order valence-corrected chi connectivity index (χ3v) is 3.33. The van der Waals surface area contributed by atoms with E-state index in [9.17, 15) is 14.4 Å². The van der Waals surface area contributed by atoms with Crippen molar-refractivity contribution in [3.05, 3.63) is 35.6 Å². The quantitative estimate of drug-likeness (QED) is 0.740. The van der Waals surface area contributed by atoms with Gasteiger partial charge in [0.05, 0.1) is 19.2 Å². The van der Waals surface area contributed by atoms with Crippen LogP contribution < -0.4 is 10.6 Å². The second-order valence-electron chi connectivity index (χ2n) is 5.33. The van der Waals surface area contributed by atoms with Crippen LogP contribution in [0.5, 0.6) is 0 Å². The Morgan fingerprint density at radius 3 is 2.71 bits per heavy atom. The smallest absolute Gasteiger partial charge is 0.310 e. The van der Waals surface area contributed by atoms with E-state index in [1.165, 1.54) is 6.26 Å². The summed E-state index contributed by atoms with van der Waals surface area (Å²) in [6, 6.07) is 5.70. The van der Waals surface area contributed by atoms with Gasteiger partial charge in [0.15, 0.2) is 6.61 Å². The first-order chi connectivity index (χ1) is 11.5. The molecule has 0 unspecified atom stereocenters.